The summed E-state index contributed by atoms with van der Waals surface area (Å²) in [6.45, 7) is -1.39. The second kappa shape index (κ2) is 12.3. The van der Waals surface area contributed by atoms with Crippen LogP contribution in [0.2, 0.25) is 0 Å². The number of aliphatic hydroxyl groups is 9. The zero-order chi connectivity index (χ0) is 31.2. The Bertz CT molecular complexity index is 1330. The van der Waals surface area contributed by atoms with Gasteiger partial charge >= 0.3 is 0 Å². The van der Waals surface area contributed by atoms with Gasteiger partial charge in [0.15, 0.2) is 17.3 Å². The van der Waals surface area contributed by atoms with E-state index in [-0.39, 0.29) is 39.9 Å². The average molecular weight is 614 g/mol. The van der Waals surface area contributed by atoms with Crippen LogP contribution in [0.1, 0.15) is 17.2 Å². The van der Waals surface area contributed by atoms with Gasteiger partial charge in [0.05, 0.1) is 24.8 Å². The van der Waals surface area contributed by atoms with Gasteiger partial charge in [-0.3, -0.25) is 0 Å². The molecule has 3 aliphatic heterocycles. The Hall–Kier alpha value is -3.42. The van der Waals surface area contributed by atoms with Crippen molar-refractivity contribution in [2.75, 3.05) is 13.2 Å². The minimum Gasteiger partial charge on any atom is -0.571 e. The third-order valence-corrected chi connectivity index (χ3v) is 7.44. The van der Waals surface area contributed by atoms with Gasteiger partial charge in [-0.2, -0.15) is 0 Å². The molecular formula is C27H33O16+. The van der Waals surface area contributed by atoms with E-state index in [1.807, 2.05) is 0 Å². The van der Waals surface area contributed by atoms with Crippen molar-refractivity contribution in [1.82, 2.24) is 0 Å². The second-order valence-corrected chi connectivity index (χ2v) is 10.3. The number of benzene rings is 2. The fraction of sp³-hybridized carbons (Fsp3) is 0.481. The summed E-state index contributed by atoms with van der Waals surface area (Å²) in [6, 6.07) is 6.22. The predicted molar refractivity (Wildman–Crippen MR) is 140 cm³/mol. The molecule has 0 amide bonds. The molecule has 0 aliphatic carbocycles. The summed E-state index contributed by atoms with van der Waals surface area (Å²) in [5.41, 5.74) is 0.364. The van der Waals surface area contributed by atoms with Crippen LogP contribution < -0.4 is 4.74 Å². The van der Waals surface area contributed by atoms with Gasteiger partial charge < -0.3 is 79.9 Å². The lowest BCUT2D eigenvalue weighted by atomic mass is 9.98. The molecule has 16 heteroatoms. The van der Waals surface area contributed by atoms with Crippen LogP contribution in [-0.2, 0) is 14.2 Å². The first-order valence-corrected chi connectivity index (χ1v) is 13.2. The van der Waals surface area contributed by atoms with Gasteiger partial charge in [0, 0.05) is 12.1 Å². The largest absolute Gasteiger partial charge is 0.571 e. The Morgan fingerprint density at radius 3 is 1.81 bits per heavy atom. The van der Waals surface area contributed by atoms with E-state index < -0.39 is 86.5 Å². The summed E-state index contributed by atoms with van der Waals surface area (Å²) in [4.78, 5) is 0. The molecule has 16 nitrogen and oxygen atoms in total. The van der Waals surface area contributed by atoms with Crippen LogP contribution in [-0.4, -0.2) is 136 Å². The fourth-order valence-electron chi connectivity index (χ4n) is 5.02. The van der Waals surface area contributed by atoms with E-state index in [0.29, 0.717) is 0 Å². The number of rotatable bonds is 7. The van der Waals surface area contributed by atoms with Gasteiger partial charge in [-0.1, -0.05) is 0 Å². The Morgan fingerprint density at radius 2 is 1.26 bits per heavy atom. The van der Waals surface area contributed by atoms with Crippen LogP contribution >= 0.6 is 0 Å². The van der Waals surface area contributed by atoms with Crippen molar-refractivity contribution >= 4 is 6.08 Å². The highest BCUT2D eigenvalue weighted by molar-refractivity contribution is 5.69. The van der Waals surface area contributed by atoms with Crippen LogP contribution in [0.25, 0.3) is 6.08 Å². The van der Waals surface area contributed by atoms with Gasteiger partial charge in [-0.25, -0.2) is 0 Å². The van der Waals surface area contributed by atoms with Gasteiger partial charge in [0.25, 0.3) is 11.9 Å². The quantitative estimate of drug-likeness (QED) is 0.140. The molecule has 12 N–H and O–H groups in total. The maximum absolute atomic E-state index is 10.8. The molecule has 0 bridgehead atoms. The monoisotopic (exact) mass is 613 g/mol. The number of aliphatic hydroxyl groups excluding tert-OH is 8. The van der Waals surface area contributed by atoms with E-state index >= 15 is 0 Å². The van der Waals surface area contributed by atoms with Crippen LogP contribution in [0.3, 0.4) is 0 Å². The highest BCUT2D eigenvalue weighted by atomic mass is 16.7. The third-order valence-electron chi connectivity index (χ3n) is 7.44. The Morgan fingerprint density at radius 1 is 0.674 bits per heavy atom. The predicted octanol–water partition coefficient (Wildman–Crippen LogP) is -2.86. The summed E-state index contributed by atoms with van der Waals surface area (Å²) in [5.74, 6) is -1.32. The summed E-state index contributed by atoms with van der Waals surface area (Å²) in [6.07, 6.45) is -15.7. The minimum absolute atomic E-state index is 0.0696. The molecule has 2 saturated heterocycles. The lowest BCUT2D eigenvalue weighted by Gasteiger charge is -2.40. The second-order valence-electron chi connectivity index (χ2n) is 10.3. The van der Waals surface area contributed by atoms with Crippen LogP contribution in [0.5, 0.6) is 28.7 Å². The molecule has 2 fully saturated rings. The molecule has 0 radical (unpaired) electrons. The number of aromatic hydroxyl groups is 4. The Kier molecular flexibility index (Phi) is 8.87. The zero-order valence-corrected chi connectivity index (χ0v) is 22.2. The third kappa shape index (κ3) is 5.89. The van der Waals surface area contributed by atoms with Gasteiger partial charge in [-0.15, -0.1) is 0 Å². The maximum Gasteiger partial charge on any atom is 0.270 e. The van der Waals surface area contributed by atoms with Gasteiger partial charge in [-0.05, 0) is 18.2 Å². The lowest BCUT2D eigenvalue weighted by Crippen LogP contribution is -2.60. The summed E-state index contributed by atoms with van der Waals surface area (Å²) < 4.78 is 26.6. The van der Waals surface area contributed by atoms with E-state index in [2.05, 4.69) is 4.74 Å². The van der Waals surface area contributed by atoms with Crippen molar-refractivity contribution in [2.45, 2.75) is 67.5 Å². The van der Waals surface area contributed by atoms with Crippen molar-refractivity contribution in [1.29, 1.82) is 0 Å². The molecule has 236 valence electrons. The normalized spacial score (nSPS) is 35.8. The fourth-order valence-corrected chi connectivity index (χ4v) is 5.02. The molecule has 11 unspecified atom stereocenters. The molecule has 0 spiro atoms. The number of fused-ring (bicyclic) bond motifs is 1. The minimum atomic E-state index is -1.77. The maximum atomic E-state index is 10.8. The van der Waals surface area contributed by atoms with Gasteiger partial charge in [0.1, 0.15) is 65.9 Å². The first kappa shape index (κ1) is 31.0. The topological polar surface area (TPSA) is 272 Å². The molecule has 3 aliphatic rings. The number of hydrogen-bond donors (Lipinski definition) is 11. The van der Waals surface area contributed by atoms with Crippen molar-refractivity contribution in [3.63, 3.8) is 0 Å². The van der Waals surface area contributed by atoms with Crippen molar-refractivity contribution in [3.8, 4) is 28.7 Å². The van der Waals surface area contributed by atoms with E-state index in [0.717, 1.165) is 6.07 Å². The van der Waals surface area contributed by atoms with E-state index in [9.17, 15) is 56.2 Å². The number of phenolic OH excluding ortho intramolecular Hbond substituents is 3. The van der Waals surface area contributed by atoms with Crippen LogP contribution in [0.15, 0.2) is 36.1 Å². The molecule has 2 aromatic carbocycles. The lowest BCUT2D eigenvalue weighted by molar-refractivity contribution is -0.295. The molecular weight excluding hydrogens is 580 g/mol. The molecule has 3 heterocycles. The highest BCUT2D eigenvalue weighted by Crippen LogP contribution is 2.46. The SMILES string of the molecule is OCC1OC(OC2=Cc3c(O)cc(O)cc3[OH+]C2c2ccc(OC3OC(CO)C(O)C(O)C3O)c(O)c2)C(O)C(O)C1O. The first-order chi connectivity index (χ1) is 20.4. The van der Waals surface area contributed by atoms with Crippen molar-refractivity contribution in [2.24, 2.45) is 0 Å². The van der Waals surface area contributed by atoms with E-state index in [1.54, 1.807) is 0 Å². The summed E-state index contributed by atoms with van der Waals surface area (Å²) >= 11 is 0. The Balaban J connectivity index is 1.44. The smallest absolute Gasteiger partial charge is 0.270 e. The Labute approximate surface area is 243 Å². The molecule has 0 aromatic heterocycles. The summed E-state index contributed by atoms with van der Waals surface area (Å²) in [7, 11) is 0. The molecule has 11 atom stereocenters. The first-order valence-electron chi connectivity index (χ1n) is 13.2. The number of hydrogen-bond acceptors (Lipinski definition) is 15. The molecule has 43 heavy (non-hydrogen) atoms. The standard InChI is InChI=1S/C27H32O16/c28-7-17-19(33)21(35)23(37)26(42-17)40-14-2-1-9(3-13(14)32)25-16(6-11-12(31)4-10(30)5-15(11)39-25)41-27-24(38)22(36)20(34)18(8-29)43-27/h1-6,17-38H,7-8H2/p+1. The van der Waals surface area contributed by atoms with E-state index in [1.165, 1.54) is 30.3 Å². The average Bonchev–Trinajstić information content (AvgIpc) is 2.98. The summed E-state index contributed by atoms with van der Waals surface area (Å²) in [5, 5.41) is 111. The highest BCUT2D eigenvalue weighted by Gasteiger charge is 2.47. The molecule has 5 rings (SSSR count). The van der Waals surface area contributed by atoms with E-state index in [4.69, 9.17) is 18.9 Å². The van der Waals surface area contributed by atoms with Crippen LogP contribution in [0.4, 0.5) is 0 Å². The molecule has 2 aromatic rings. The van der Waals surface area contributed by atoms with Crippen LogP contribution in [0, 0.1) is 0 Å². The van der Waals surface area contributed by atoms with Gasteiger partial charge in [0.2, 0.25) is 12.6 Å². The molecule has 0 saturated carbocycles. The zero-order valence-electron chi connectivity index (χ0n) is 22.2. The van der Waals surface area contributed by atoms with Crippen molar-refractivity contribution < 1.29 is 79.9 Å². The number of ether oxygens (including phenoxy) is 5. The number of phenols is 3. The van der Waals surface area contributed by atoms with Crippen molar-refractivity contribution in [3.05, 3.63) is 47.2 Å².